The van der Waals surface area contributed by atoms with E-state index in [0.717, 1.165) is 16.9 Å². The van der Waals surface area contributed by atoms with E-state index in [4.69, 9.17) is 9.05 Å². The number of anilines is 1. The minimum Gasteiger partial charge on any atom is -0.326 e. The molecule has 0 aliphatic carbocycles. The van der Waals surface area contributed by atoms with E-state index in [0.29, 0.717) is 25.3 Å². The first-order valence-corrected chi connectivity index (χ1v) is 12.2. The summed E-state index contributed by atoms with van der Waals surface area (Å²) in [7, 11) is -3.17. The van der Waals surface area contributed by atoms with Gasteiger partial charge in [0.05, 0.1) is 25.7 Å². The first-order valence-electron chi connectivity index (χ1n) is 10.5. The highest BCUT2D eigenvalue weighted by atomic mass is 31.2. The summed E-state index contributed by atoms with van der Waals surface area (Å²) in [6.45, 7) is 4.17. The molecule has 3 aromatic rings. The average molecular weight is 459 g/mol. The minimum absolute atomic E-state index is 0.140. The fourth-order valence-electron chi connectivity index (χ4n) is 3.25. The van der Waals surface area contributed by atoms with Crippen molar-refractivity contribution in [1.29, 1.82) is 0 Å². The van der Waals surface area contributed by atoms with Gasteiger partial charge in [0.1, 0.15) is 5.82 Å². The standard InChI is InChI=1S/C23H27FN3O4P/c1-3-30-32(29,31-4-2)16-18-5-9-20(10-6-18)26-23(28)14-13-22-15-25-17-27(22)21-11-7-19(24)8-12-21/h5-12,15,17H,3-4,13-14,16H2,1-2H3,(H,26,28). The monoisotopic (exact) mass is 459 g/mol. The molecule has 1 aromatic heterocycles. The molecule has 1 N–H and O–H groups in total. The van der Waals surface area contributed by atoms with Crippen LogP contribution in [0.2, 0.25) is 0 Å². The summed E-state index contributed by atoms with van der Waals surface area (Å²) in [5.74, 6) is -0.446. The van der Waals surface area contributed by atoms with Crippen LogP contribution in [0.15, 0.2) is 61.1 Å². The Morgan fingerprint density at radius 2 is 1.72 bits per heavy atom. The highest BCUT2D eigenvalue weighted by molar-refractivity contribution is 7.53. The highest BCUT2D eigenvalue weighted by Gasteiger charge is 2.23. The second-order valence-corrected chi connectivity index (χ2v) is 9.14. The summed E-state index contributed by atoms with van der Waals surface area (Å²) in [5, 5.41) is 2.86. The van der Waals surface area contributed by atoms with E-state index >= 15 is 0 Å². The molecule has 1 amide bonds. The molecule has 0 saturated carbocycles. The van der Waals surface area contributed by atoms with Crippen LogP contribution >= 0.6 is 7.60 Å². The van der Waals surface area contributed by atoms with Crippen molar-refractivity contribution in [1.82, 2.24) is 9.55 Å². The van der Waals surface area contributed by atoms with Crippen molar-refractivity contribution < 1.29 is 22.8 Å². The number of aryl methyl sites for hydroxylation is 1. The van der Waals surface area contributed by atoms with E-state index in [2.05, 4.69) is 10.3 Å². The van der Waals surface area contributed by atoms with Crippen molar-refractivity contribution in [2.24, 2.45) is 0 Å². The molecule has 0 radical (unpaired) electrons. The molecule has 32 heavy (non-hydrogen) atoms. The number of aromatic nitrogens is 2. The summed E-state index contributed by atoms with van der Waals surface area (Å²) in [5.41, 5.74) is 3.08. The normalized spacial score (nSPS) is 11.5. The molecule has 0 saturated heterocycles. The lowest BCUT2D eigenvalue weighted by Crippen LogP contribution is -2.13. The lowest BCUT2D eigenvalue weighted by molar-refractivity contribution is -0.116. The lowest BCUT2D eigenvalue weighted by Gasteiger charge is -2.17. The Bertz CT molecular complexity index is 1060. The second-order valence-electron chi connectivity index (χ2n) is 7.08. The van der Waals surface area contributed by atoms with Crippen LogP contribution in [0, 0.1) is 5.82 Å². The van der Waals surface area contributed by atoms with E-state index in [1.165, 1.54) is 12.1 Å². The number of hydrogen-bond donors (Lipinski definition) is 1. The number of hydrogen-bond acceptors (Lipinski definition) is 5. The molecular formula is C23H27FN3O4P. The van der Waals surface area contributed by atoms with Crippen molar-refractivity contribution in [2.75, 3.05) is 18.5 Å². The maximum atomic E-state index is 13.2. The van der Waals surface area contributed by atoms with Gasteiger partial charge >= 0.3 is 7.60 Å². The van der Waals surface area contributed by atoms with Gasteiger partial charge in [-0.3, -0.25) is 9.36 Å². The zero-order valence-corrected chi connectivity index (χ0v) is 19.1. The van der Waals surface area contributed by atoms with E-state index in [-0.39, 0.29) is 24.3 Å². The average Bonchev–Trinajstić information content (AvgIpc) is 3.23. The Hall–Kier alpha value is -2.80. The highest BCUT2D eigenvalue weighted by Crippen LogP contribution is 2.51. The Kier molecular flexibility index (Phi) is 8.33. The van der Waals surface area contributed by atoms with Crippen LogP contribution in [-0.4, -0.2) is 28.7 Å². The number of carbonyl (C=O) groups is 1. The maximum Gasteiger partial charge on any atom is 0.335 e. The van der Waals surface area contributed by atoms with Gasteiger partial charge in [-0.1, -0.05) is 12.1 Å². The third-order valence-electron chi connectivity index (χ3n) is 4.69. The number of carbonyl (C=O) groups excluding carboxylic acids is 1. The molecule has 0 unspecified atom stereocenters. The van der Waals surface area contributed by atoms with Crippen molar-refractivity contribution in [2.45, 2.75) is 32.9 Å². The van der Waals surface area contributed by atoms with Gasteiger partial charge in [-0.2, -0.15) is 0 Å². The quantitative estimate of drug-likeness (QED) is 0.391. The Labute approximate surface area is 187 Å². The molecule has 3 rings (SSSR count). The van der Waals surface area contributed by atoms with E-state index in [9.17, 15) is 13.8 Å². The van der Waals surface area contributed by atoms with Crippen molar-refractivity contribution in [3.63, 3.8) is 0 Å². The van der Waals surface area contributed by atoms with Crippen molar-refractivity contribution in [3.8, 4) is 5.69 Å². The summed E-state index contributed by atoms with van der Waals surface area (Å²) in [6, 6.07) is 13.2. The first kappa shape index (κ1) is 23.9. The van der Waals surface area contributed by atoms with E-state index < -0.39 is 7.60 Å². The van der Waals surface area contributed by atoms with Crippen LogP contribution in [0.4, 0.5) is 10.1 Å². The number of nitrogens with one attached hydrogen (secondary N) is 1. The van der Waals surface area contributed by atoms with Gasteiger partial charge in [0, 0.05) is 29.7 Å². The van der Waals surface area contributed by atoms with Crippen LogP contribution in [0.1, 0.15) is 31.5 Å². The molecule has 2 aromatic carbocycles. The van der Waals surface area contributed by atoms with Crippen LogP contribution in [-0.2, 0) is 31.0 Å². The number of halogens is 1. The SMILES string of the molecule is CCOP(=O)(Cc1ccc(NC(=O)CCc2cncn2-c2ccc(F)cc2)cc1)OCC. The summed E-state index contributed by atoms with van der Waals surface area (Å²) in [4.78, 5) is 16.6. The molecule has 0 aliphatic rings. The minimum atomic E-state index is -3.17. The fourth-order valence-corrected chi connectivity index (χ4v) is 4.95. The van der Waals surface area contributed by atoms with Crippen molar-refractivity contribution >= 4 is 19.2 Å². The topological polar surface area (TPSA) is 82.5 Å². The van der Waals surface area contributed by atoms with Crippen LogP contribution in [0.3, 0.4) is 0 Å². The number of benzene rings is 2. The largest absolute Gasteiger partial charge is 0.335 e. The lowest BCUT2D eigenvalue weighted by atomic mass is 10.2. The maximum absolute atomic E-state index is 13.2. The Morgan fingerprint density at radius 1 is 1.06 bits per heavy atom. The van der Waals surface area contributed by atoms with Gasteiger partial charge in [-0.15, -0.1) is 0 Å². The molecule has 1 heterocycles. The number of nitrogens with zero attached hydrogens (tertiary/aromatic N) is 2. The summed E-state index contributed by atoms with van der Waals surface area (Å²) < 4.78 is 38.3. The van der Waals surface area contributed by atoms with E-state index in [1.807, 2.05) is 4.57 Å². The number of rotatable bonds is 11. The van der Waals surface area contributed by atoms with E-state index in [1.54, 1.807) is 62.8 Å². The Morgan fingerprint density at radius 3 is 2.34 bits per heavy atom. The zero-order chi connectivity index (χ0) is 23.0. The number of amides is 1. The summed E-state index contributed by atoms with van der Waals surface area (Å²) in [6.07, 6.45) is 4.25. The van der Waals surface area contributed by atoms with Crippen molar-refractivity contribution in [3.05, 3.63) is 78.1 Å². The van der Waals surface area contributed by atoms with Gasteiger partial charge in [-0.25, -0.2) is 9.37 Å². The molecular weight excluding hydrogens is 432 g/mol. The van der Waals surface area contributed by atoms with Gasteiger partial charge in [-0.05, 0) is 62.2 Å². The van der Waals surface area contributed by atoms with Gasteiger partial charge in [0.15, 0.2) is 0 Å². The second kappa shape index (κ2) is 11.2. The number of imidazole rings is 1. The third kappa shape index (κ3) is 6.60. The van der Waals surface area contributed by atoms with Crippen LogP contribution < -0.4 is 5.32 Å². The molecule has 0 bridgehead atoms. The molecule has 170 valence electrons. The smallest absolute Gasteiger partial charge is 0.326 e. The summed E-state index contributed by atoms with van der Waals surface area (Å²) >= 11 is 0. The molecule has 7 nitrogen and oxygen atoms in total. The van der Waals surface area contributed by atoms with Crippen LogP contribution in [0.25, 0.3) is 5.69 Å². The first-order chi connectivity index (χ1) is 15.4. The van der Waals surface area contributed by atoms with Gasteiger partial charge < -0.3 is 18.9 Å². The predicted molar refractivity (Wildman–Crippen MR) is 121 cm³/mol. The van der Waals surface area contributed by atoms with Gasteiger partial charge in [0.25, 0.3) is 0 Å². The molecule has 0 spiro atoms. The van der Waals surface area contributed by atoms with Crippen LogP contribution in [0.5, 0.6) is 0 Å². The molecule has 0 aliphatic heterocycles. The zero-order valence-electron chi connectivity index (χ0n) is 18.2. The fraction of sp³-hybridized carbons (Fsp3) is 0.304. The molecule has 0 atom stereocenters. The Balaban J connectivity index is 1.55. The molecule has 0 fully saturated rings. The predicted octanol–water partition coefficient (Wildman–Crippen LogP) is 5.35. The third-order valence-corrected chi connectivity index (χ3v) is 6.75. The molecule has 9 heteroatoms. The van der Waals surface area contributed by atoms with Gasteiger partial charge in [0.2, 0.25) is 5.91 Å².